The number of hydrogen-bond donors (Lipinski definition) is 2. The smallest absolute Gasteiger partial charge is 0.137 e. The van der Waals surface area contributed by atoms with Gasteiger partial charge in [0.25, 0.3) is 0 Å². The lowest BCUT2D eigenvalue weighted by atomic mass is 10.1. The highest BCUT2D eigenvalue weighted by Crippen LogP contribution is 2.19. The third kappa shape index (κ3) is 6.00. The molecule has 19 heavy (non-hydrogen) atoms. The molecule has 0 saturated heterocycles. The van der Waals surface area contributed by atoms with Crippen molar-refractivity contribution in [3.63, 3.8) is 0 Å². The molecule has 0 amide bonds. The first-order valence-corrected chi connectivity index (χ1v) is 6.64. The largest absolute Gasteiger partial charge is 0.492 e. The number of aromatic nitrogens is 1. The Bertz CT molecular complexity index is 377. The molecule has 3 N–H and O–H groups in total. The summed E-state index contributed by atoms with van der Waals surface area (Å²) in [4.78, 5) is 4.17. The number of ether oxygens (including phenoxy) is 2. The predicted octanol–water partition coefficient (Wildman–Crippen LogP) is 2.19. The summed E-state index contributed by atoms with van der Waals surface area (Å²) >= 11 is 0. The van der Waals surface area contributed by atoms with Crippen LogP contribution in [0.3, 0.4) is 0 Å². The lowest BCUT2D eigenvalue weighted by Gasteiger charge is -2.24. The zero-order valence-corrected chi connectivity index (χ0v) is 12.3. The molecular weight excluding hydrogens is 242 g/mol. The first kappa shape index (κ1) is 15.9. The van der Waals surface area contributed by atoms with Crippen LogP contribution >= 0.6 is 0 Å². The summed E-state index contributed by atoms with van der Waals surface area (Å²) in [5.74, 6) is 6.35. The summed E-state index contributed by atoms with van der Waals surface area (Å²) in [5.41, 5.74) is 3.52. The van der Waals surface area contributed by atoms with Crippen molar-refractivity contribution in [1.29, 1.82) is 0 Å². The van der Waals surface area contributed by atoms with Gasteiger partial charge in [-0.05, 0) is 38.8 Å². The maximum absolute atomic E-state index is 5.75. The van der Waals surface area contributed by atoms with Crippen molar-refractivity contribution in [2.24, 2.45) is 5.84 Å². The molecule has 0 spiro atoms. The predicted molar refractivity (Wildman–Crippen MR) is 75.8 cm³/mol. The van der Waals surface area contributed by atoms with Crippen molar-refractivity contribution >= 4 is 0 Å². The summed E-state index contributed by atoms with van der Waals surface area (Å²) in [7, 11) is 0. The fourth-order valence-corrected chi connectivity index (χ4v) is 1.50. The van der Waals surface area contributed by atoms with E-state index in [0.29, 0.717) is 13.2 Å². The van der Waals surface area contributed by atoms with E-state index < -0.39 is 0 Å². The number of nitrogens with two attached hydrogens (primary N) is 1. The monoisotopic (exact) mass is 267 g/mol. The summed E-state index contributed by atoms with van der Waals surface area (Å²) in [6, 6.07) is 1.84. The number of hydrogen-bond acceptors (Lipinski definition) is 5. The Morgan fingerprint density at radius 2 is 2.11 bits per heavy atom. The maximum Gasteiger partial charge on any atom is 0.137 e. The third-order valence-corrected chi connectivity index (χ3v) is 2.49. The number of nitrogens with zero attached hydrogens (tertiary/aromatic N) is 1. The Balaban J connectivity index is 2.69. The fourth-order valence-electron chi connectivity index (χ4n) is 1.50. The third-order valence-electron chi connectivity index (χ3n) is 2.49. The van der Waals surface area contributed by atoms with Crippen LogP contribution in [0.5, 0.6) is 5.75 Å². The Labute approximate surface area is 115 Å². The molecule has 1 unspecified atom stereocenters. The summed E-state index contributed by atoms with van der Waals surface area (Å²) in [6.07, 6.45) is 4.45. The molecule has 0 bridgehead atoms. The Morgan fingerprint density at radius 1 is 1.37 bits per heavy atom. The zero-order valence-electron chi connectivity index (χ0n) is 12.3. The van der Waals surface area contributed by atoms with Gasteiger partial charge in [0.05, 0.1) is 31.1 Å². The highest BCUT2D eigenvalue weighted by Gasteiger charge is 2.16. The molecule has 1 heterocycles. The Hall–Kier alpha value is -1.17. The van der Waals surface area contributed by atoms with E-state index in [9.17, 15) is 0 Å². The van der Waals surface area contributed by atoms with Gasteiger partial charge in [-0.15, -0.1) is 0 Å². The van der Waals surface area contributed by atoms with Gasteiger partial charge in [-0.2, -0.15) is 0 Å². The molecule has 0 radical (unpaired) electrons. The van der Waals surface area contributed by atoms with Crippen molar-refractivity contribution in [3.05, 3.63) is 24.0 Å². The van der Waals surface area contributed by atoms with E-state index in [1.54, 1.807) is 12.4 Å². The number of nitrogens with one attached hydrogen (secondary N) is 1. The van der Waals surface area contributed by atoms with Crippen LogP contribution in [0.15, 0.2) is 18.5 Å². The van der Waals surface area contributed by atoms with Crippen LogP contribution in [-0.4, -0.2) is 23.8 Å². The topological polar surface area (TPSA) is 69.4 Å². The second-order valence-electron chi connectivity index (χ2n) is 5.45. The SMILES string of the molecule is CCCOc1cncc(C(COC(C)(C)C)NN)c1. The van der Waals surface area contributed by atoms with E-state index in [-0.39, 0.29) is 11.6 Å². The van der Waals surface area contributed by atoms with Crippen LogP contribution in [0.1, 0.15) is 45.7 Å². The van der Waals surface area contributed by atoms with E-state index in [4.69, 9.17) is 15.3 Å². The van der Waals surface area contributed by atoms with Gasteiger partial charge in [0.2, 0.25) is 0 Å². The molecule has 1 rings (SSSR count). The molecule has 0 aliphatic rings. The van der Waals surface area contributed by atoms with Gasteiger partial charge in [-0.1, -0.05) is 6.92 Å². The highest BCUT2D eigenvalue weighted by molar-refractivity contribution is 5.26. The van der Waals surface area contributed by atoms with Crippen molar-refractivity contribution in [3.8, 4) is 5.75 Å². The molecule has 1 atom stereocenters. The quantitative estimate of drug-likeness (QED) is 0.585. The second kappa shape index (κ2) is 7.43. The van der Waals surface area contributed by atoms with Crippen molar-refractivity contribution in [2.45, 2.75) is 45.8 Å². The van der Waals surface area contributed by atoms with Crippen LogP contribution in [0.25, 0.3) is 0 Å². The first-order chi connectivity index (χ1) is 8.96. The lowest BCUT2D eigenvalue weighted by Crippen LogP contribution is -2.34. The van der Waals surface area contributed by atoms with Gasteiger partial charge in [0.15, 0.2) is 0 Å². The molecule has 0 aliphatic carbocycles. The molecule has 1 aromatic heterocycles. The summed E-state index contributed by atoms with van der Waals surface area (Å²) in [6.45, 7) is 9.28. The van der Waals surface area contributed by atoms with Gasteiger partial charge in [-0.25, -0.2) is 0 Å². The highest BCUT2D eigenvalue weighted by atomic mass is 16.5. The average Bonchev–Trinajstić information content (AvgIpc) is 2.36. The first-order valence-electron chi connectivity index (χ1n) is 6.64. The van der Waals surface area contributed by atoms with Crippen LogP contribution in [0.4, 0.5) is 0 Å². The average molecular weight is 267 g/mol. The Kier molecular flexibility index (Phi) is 6.21. The van der Waals surface area contributed by atoms with Gasteiger partial charge >= 0.3 is 0 Å². The van der Waals surface area contributed by atoms with Crippen LogP contribution in [0, 0.1) is 0 Å². The fraction of sp³-hybridized carbons (Fsp3) is 0.643. The normalized spacial score (nSPS) is 13.3. The van der Waals surface area contributed by atoms with Crippen molar-refractivity contribution in [2.75, 3.05) is 13.2 Å². The number of pyridine rings is 1. The molecule has 0 aromatic carbocycles. The number of rotatable bonds is 7. The molecular formula is C14H25N3O2. The van der Waals surface area contributed by atoms with Crippen molar-refractivity contribution < 1.29 is 9.47 Å². The molecule has 0 aliphatic heterocycles. The van der Waals surface area contributed by atoms with Crippen molar-refractivity contribution in [1.82, 2.24) is 10.4 Å². The van der Waals surface area contributed by atoms with E-state index in [0.717, 1.165) is 17.7 Å². The zero-order chi connectivity index (χ0) is 14.3. The van der Waals surface area contributed by atoms with Gasteiger partial charge in [0, 0.05) is 6.20 Å². The van der Waals surface area contributed by atoms with Gasteiger partial charge in [0.1, 0.15) is 5.75 Å². The molecule has 0 saturated carbocycles. The maximum atomic E-state index is 5.75. The standard InChI is InChI=1S/C14H25N3O2/c1-5-6-18-12-7-11(8-16-9-12)13(17-15)10-19-14(2,3)4/h7-9,13,17H,5-6,10,15H2,1-4H3. The molecule has 0 fully saturated rings. The minimum Gasteiger partial charge on any atom is -0.492 e. The van der Waals surface area contributed by atoms with Gasteiger partial charge < -0.3 is 9.47 Å². The van der Waals surface area contributed by atoms with E-state index in [2.05, 4.69) is 17.3 Å². The van der Waals surface area contributed by atoms with Crippen LogP contribution < -0.4 is 16.0 Å². The molecule has 1 aromatic rings. The van der Waals surface area contributed by atoms with Crippen LogP contribution in [0.2, 0.25) is 0 Å². The summed E-state index contributed by atoms with van der Waals surface area (Å²) < 4.78 is 11.3. The van der Waals surface area contributed by atoms with E-state index in [1.807, 2.05) is 26.8 Å². The lowest BCUT2D eigenvalue weighted by molar-refractivity contribution is -0.0148. The second-order valence-corrected chi connectivity index (χ2v) is 5.45. The van der Waals surface area contributed by atoms with Crippen LogP contribution in [-0.2, 0) is 4.74 Å². The minimum atomic E-state index is -0.196. The Morgan fingerprint density at radius 3 is 2.68 bits per heavy atom. The van der Waals surface area contributed by atoms with Gasteiger partial charge in [-0.3, -0.25) is 16.3 Å². The summed E-state index contributed by atoms with van der Waals surface area (Å²) in [5, 5.41) is 0. The number of hydrazine groups is 1. The molecule has 5 heteroatoms. The molecule has 5 nitrogen and oxygen atoms in total. The minimum absolute atomic E-state index is 0.100. The van der Waals surface area contributed by atoms with E-state index >= 15 is 0 Å². The van der Waals surface area contributed by atoms with E-state index in [1.165, 1.54) is 0 Å². The molecule has 108 valence electrons.